The minimum absolute atomic E-state index is 0.732. The Balaban J connectivity index is 2.47. The van der Waals surface area contributed by atoms with Gasteiger partial charge < -0.3 is 10.6 Å². The van der Waals surface area contributed by atoms with Crippen LogP contribution in [0.5, 0.6) is 0 Å². The van der Waals surface area contributed by atoms with Crippen LogP contribution in [-0.4, -0.2) is 55.1 Å². The van der Waals surface area contributed by atoms with Crippen LogP contribution in [0.25, 0.3) is 0 Å². The Labute approximate surface area is 114 Å². The summed E-state index contributed by atoms with van der Waals surface area (Å²) in [7, 11) is 0. The minimum Gasteiger partial charge on any atom is -0.330 e. The molecule has 2 unspecified atom stereocenters. The lowest BCUT2D eigenvalue weighted by molar-refractivity contribution is 0.0995. The summed E-state index contributed by atoms with van der Waals surface area (Å²) in [6.45, 7) is 13.6. The fourth-order valence-corrected chi connectivity index (χ4v) is 3.31. The van der Waals surface area contributed by atoms with Crippen molar-refractivity contribution < 1.29 is 0 Å². The molecule has 1 aliphatic rings. The van der Waals surface area contributed by atoms with Crippen LogP contribution in [0.4, 0.5) is 0 Å². The molecule has 3 nitrogen and oxygen atoms in total. The Hall–Kier alpha value is -0.120. The number of likely N-dealkylation sites (N-methyl/N-ethyl adjacent to an activating group) is 2. The average molecular weight is 255 g/mol. The smallest absolute Gasteiger partial charge is 0.0136 e. The molecule has 0 saturated heterocycles. The maximum Gasteiger partial charge on any atom is 0.0136 e. The van der Waals surface area contributed by atoms with E-state index in [4.69, 9.17) is 5.73 Å². The Kier molecular flexibility index (Phi) is 7.87. The zero-order chi connectivity index (χ0) is 13.4. The molecule has 0 bridgehead atoms. The van der Waals surface area contributed by atoms with Crippen molar-refractivity contribution in [1.29, 1.82) is 0 Å². The molecule has 0 aromatic carbocycles. The van der Waals surface area contributed by atoms with E-state index in [-0.39, 0.29) is 0 Å². The van der Waals surface area contributed by atoms with Gasteiger partial charge in [0.05, 0.1) is 0 Å². The van der Waals surface area contributed by atoms with Gasteiger partial charge in [0, 0.05) is 19.1 Å². The van der Waals surface area contributed by atoms with Crippen molar-refractivity contribution in [3.63, 3.8) is 0 Å². The van der Waals surface area contributed by atoms with Crippen LogP contribution in [0.2, 0.25) is 0 Å². The third-order valence-electron chi connectivity index (χ3n) is 4.64. The SMILES string of the molecule is CCN(CC)CCN(CC)C1CCCCC1CN. The second-order valence-electron chi connectivity index (χ2n) is 5.50. The molecule has 108 valence electrons. The molecule has 0 amide bonds. The quantitative estimate of drug-likeness (QED) is 0.721. The normalized spacial score (nSPS) is 25.0. The zero-order valence-electron chi connectivity index (χ0n) is 12.7. The van der Waals surface area contributed by atoms with Crippen LogP contribution in [0.3, 0.4) is 0 Å². The Morgan fingerprint density at radius 3 is 2.17 bits per heavy atom. The Bertz CT molecular complexity index is 204. The Morgan fingerprint density at radius 1 is 0.944 bits per heavy atom. The van der Waals surface area contributed by atoms with Crippen LogP contribution >= 0.6 is 0 Å². The van der Waals surface area contributed by atoms with E-state index in [0.717, 1.165) is 18.5 Å². The first-order chi connectivity index (χ1) is 8.76. The van der Waals surface area contributed by atoms with Gasteiger partial charge in [-0.25, -0.2) is 0 Å². The van der Waals surface area contributed by atoms with E-state index < -0.39 is 0 Å². The third kappa shape index (κ3) is 4.52. The summed E-state index contributed by atoms with van der Waals surface area (Å²) in [6.07, 6.45) is 5.46. The summed E-state index contributed by atoms with van der Waals surface area (Å²) in [6, 6.07) is 0.740. The Morgan fingerprint density at radius 2 is 1.61 bits per heavy atom. The van der Waals surface area contributed by atoms with E-state index in [1.165, 1.54) is 58.4 Å². The van der Waals surface area contributed by atoms with Gasteiger partial charge in [0.15, 0.2) is 0 Å². The van der Waals surface area contributed by atoms with E-state index in [0.29, 0.717) is 0 Å². The van der Waals surface area contributed by atoms with Crippen molar-refractivity contribution in [3.05, 3.63) is 0 Å². The van der Waals surface area contributed by atoms with Crippen molar-refractivity contribution >= 4 is 0 Å². The molecule has 2 atom stereocenters. The van der Waals surface area contributed by atoms with Gasteiger partial charge in [-0.15, -0.1) is 0 Å². The van der Waals surface area contributed by atoms with E-state index in [1.54, 1.807) is 0 Å². The number of hydrogen-bond donors (Lipinski definition) is 1. The maximum absolute atomic E-state index is 5.96. The first-order valence-corrected chi connectivity index (χ1v) is 7.93. The maximum atomic E-state index is 5.96. The first-order valence-electron chi connectivity index (χ1n) is 7.93. The number of nitrogens with two attached hydrogens (primary N) is 1. The van der Waals surface area contributed by atoms with Gasteiger partial charge in [-0.05, 0) is 44.9 Å². The lowest BCUT2D eigenvalue weighted by Crippen LogP contribution is -2.47. The standard InChI is InChI=1S/C15H33N3/c1-4-17(5-2)11-12-18(6-3)15-10-8-7-9-14(15)13-16/h14-15H,4-13,16H2,1-3H3. The van der Waals surface area contributed by atoms with Crippen molar-refractivity contribution in [3.8, 4) is 0 Å². The summed E-state index contributed by atoms with van der Waals surface area (Å²) in [5, 5.41) is 0. The van der Waals surface area contributed by atoms with E-state index in [9.17, 15) is 0 Å². The van der Waals surface area contributed by atoms with Crippen molar-refractivity contribution in [2.75, 3.05) is 39.3 Å². The van der Waals surface area contributed by atoms with Gasteiger partial charge in [-0.3, -0.25) is 4.90 Å². The van der Waals surface area contributed by atoms with Crippen LogP contribution in [0, 0.1) is 5.92 Å². The van der Waals surface area contributed by atoms with Gasteiger partial charge in [0.25, 0.3) is 0 Å². The highest BCUT2D eigenvalue weighted by Gasteiger charge is 2.28. The van der Waals surface area contributed by atoms with Gasteiger partial charge in [-0.1, -0.05) is 33.6 Å². The fraction of sp³-hybridized carbons (Fsp3) is 1.00. The summed E-state index contributed by atoms with van der Waals surface area (Å²) < 4.78 is 0. The molecule has 0 radical (unpaired) electrons. The number of hydrogen-bond acceptors (Lipinski definition) is 3. The molecular weight excluding hydrogens is 222 g/mol. The largest absolute Gasteiger partial charge is 0.330 e. The monoisotopic (exact) mass is 255 g/mol. The van der Waals surface area contributed by atoms with E-state index in [2.05, 4.69) is 30.6 Å². The summed E-state index contributed by atoms with van der Waals surface area (Å²) >= 11 is 0. The molecule has 1 rings (SSSR count). The molecule has 0 heterocycles. The number of nitrogens with zero attached hydrogens (tertiary/aromatic N) is 2. The van der Waals surface area contributed by atoms with Gasteiger partial charge in [0.1, 0.15) is 0 Å². The highest BCUT2D eigenvalue weighted by atomic mass is 15.2. The molecule has 3 heteroatoms. The molecule has 1 fully saturated rings. The average Bonchev–Trinajstić information content (AvgIpc) is 2.44. The molecule has 0 aliphatic heterocycles. The summed E-state index contributed by atoms with van der Waals surface area (Å²) in [5.74, 6) is 0.732. The fourth-order valence-electron chi connectivity index (χ4n) is 3.31. The van der Waals surface area contributed by atoms with Crippen LogP contribution in [0.1, 0.15) is 46.5 Å². The second-order valence-corrected chi connectivity index (χ2v) is 5.50. The van der Waals surface area contributed by atoms with Crippen molar-refractivity contribution in [1.82, 2.24) is 9.80 Å². The summed E-state index contributed by atoms with van der Waals surface area (Å²) in [5.41, 5.74) is 5.96. The van der Waals surface area contributed by atoms with Gasteiger partial charge >= 0.3 is 0 Å². The predicted octanol–water partition coefficient (Wildman–Crippen LogP) is 2.17. The van der Waals surface area contributed by atoms with Gasteiger partial charge in [-0.2, -0.15) is 0 Å². The van der Waals surface area contributed by atoms with Gasteiger partial charge in [0.2, 0.25) is 0 Å². The highest BCUT2D eigenvalue weighted by Crippen LogP contribution is 2.27. The molecule has 0 spiro atoms. The number of rotatable bonds is 8. The van der Waals surface area contributed by atoms with E-state index >= 15 is 0 Å². The summed E-state index contributed by atoms with van der Waals surface area (Å²) in [4.78, 5) is 5.19. The predicted molar refractivity (Wildman–Crippen MR) is 79.8 cm³/mol. The van der Waals surface area contributed by atoms with Crippen molar-refractivity contribution in [2.45, 2.75) is 52.5 Å². The second kappa shape index (κ2) is 8.89. The molecule has 0 aromatic rings. The molecule has 2 N–H and O–H groups in total. The molecule has 1 saturated carbocycles. The van der Waals surface area contributed by atoms with Crippen LogP contribution < -0.4 is 5.73 Å². The lowest BCUT2D eigenvalue weighted by atomic mass is 9.83. The van der Waals surface area contributed by atoms with Crippen LogP contribution in [0.15, 0.2) is 0 Å². The minimum atomic E-state index is 0.732. The van der Waals surface area contributed by atoms with E-state index in [1.807, 2.05) is 0 Å². The third-order valence-corrected chi connectivity index (χ3v) is 4.64. The molecule has 1 aliphatic carbocycles. The lowest BCUT2D eigenvalue weighted by Gasteiger charge is -2.40. The highest BCUT2D eigenvalue weighted by molar-refractivity contribution is 4.84. The molecule has 0 aromatic heterocycles. The molecular formula is C15H33N3. The zero-order valence-corrected chi connectivity index (χ0v) is 12.7. The molecule has 18 heavy (non-hydrogen) atoms. The topological polar surface area (TPSA) is 32.5 Å². The first kappa shape index (κ1) is 15.9. The van der Waals surface area contributed by atoms with Crippen molar-refractivity contribution in [2.24, 2.45) is 11.7 Å². The van der Waals surface area contributed by atoms with Crippen LogP contribution in [-0.2, 0) is 0 Å².